The Morgan fingerprint density at radius 3 is 2.62 bits per heavy atom. The third-order valence-corrected chi connectivity index (χ3v) is 3.72. The normalized spacial score (nSPS) is 11.4. The van der Waals surface area contributed by atoms with Crippen LogP contribution in [0.5, 0.6) is 0 Å². The molecule has 1 rings (SSSR count). The van der Waals surface area contributed by atoms with Crippen LogP contribution in [0.4, 0.5) is 0 Å². The van der Waals surface area contributed by atoms with Crippen LogP contribution >= 0.6 is 0 Å². The largest absolute Gasteiger partial charge is 0.372 e. The third kappa shape index (κ3) is 8.32. The summed E-state index contributed by atoms with van der Waals surface area (Å²) in [5.41, 5.74) is 10.3. The van der Waals surface area contributed by atoms with Gasteiger partial charge in [0.05, 0.1) is 13.2 Å². The van der Waals surface area contributed by atoms with E-state index in [1.54, 1.807) is 0 Å². The van der Waals surface area contributed by atoms with E-state index < -0.39 is 0 Å². The molecule has 0 saturated carbocycles. The summed E-state index contributed by atoms with van der Waals surface area (Å²) in [6.45, 7) is 6.85. The van der Waals surface area contributed by atoms with Crippen molar-refractivity contribution in [3.05, 3.63) is 53.6 Å². The van der Waals surface area contributed by atoms with Crippen LogP contribution in [0.15, 0.2) is 42.5 Å². The first kappa shape index (κ1) is 19.7. The molecule has 1 aromatic carbocycles. The van der Waals surface area contributed by atoms with E-state index in [2.05, 4.69) is 11.4 Å². The summed E-state index contributed by atoms with van der Waals surface area (Å²) in [6, 6.07) is 9.92. The van der Waals surface area contributed by atoms with Crippen LogP contribution in [0.1, 0.15) is 38.2 Å². The van der Waals surface area contributed by atoms with E-state index in [1.165, 1.54) is 0 Å². The molecule has 0 saturated heterocycles. The molecule has 0 spiro atoms. The summed E-state index contributed by atoms with van der Waals surface area (Å²) in [6.07, 6.45) is 2.48. The highest BCUT2D eigenvalue weighted by Gasteiger charge is 2.15. The lowest BCUT2D eigenvalue weighted by Crippen LogP contribution is -2.14. The third-order valence-electron chi connectivity index (χ3n) is 3.72. The average Bonchev–Trinajstić information content (AvgIpc) is 2.58. The topological polar surface area (TPSA) is 79.8 Å². The van der Waals surface area contributed by atoms with Crippen molar-refractivity contribution in [3.63, 3.8) is 0 Å². The van der Waals surface area contributed by atoms with Crippen LogP contribution in [-0.4, -0.2) is 29.2 Å². The number of ether oxygens (including phenoxy) is 1. The summed E-state index contributed by atoms with van der Waals surface area (Å²) in [5.74, 6) is -0.445. The van der Waals surface area contributed by atoms with Crippen molar-refractivity contribution in [3.8, 4) is 0 Å². The number of Topliss-reactive ketones (excluding diaryl/α,β-unsaturated/α-hetero) is 2. The van der Waals surface area contributed by atoms with Gasteiger partial charge in [0.25, 0.3) is 0 Å². The van der Waals surface area contributed by atoms with Gasteiger partial charge in [-0.15, -0.1) is 0 Å². The molecule has 0 bridgehead atoms. The molecule has 5 nitrogen and oxygen atoms in total. The molecule has 0 radical (unpaired) electrons. The summed E-state index contributed by atoms with van der Waals surface area (Å²) in [7, 11) is 0. The molecule has 0 amide bonds. The van der Waals surface area contributed by atoms with E-state index >= 15 is 0 Å². The minimum atomic E-state index is -0.350. The fraction of sp³-hybridized carbons (Fsp3) is 0.421. The standard InChI is InChI=1S/C19H24N2O3/c1-15(13-24-14-17-6-4-3-5-7-17)8-9-16(2)19(23)11-10-18(22)12-21-20/h3-7,12,16H,1,8-11,13-14H2,2H3. The lowest BCUT2D eigenvalue weighted by atomic mass is 9.95. The molecule has 0 aliphatic carbocycles. The maximum Gasteiger partial charge on any atom is 0.323 e. The molecule has 128 valence electrons. The number of ketones is 2. The van der Waals surface area contributed by atoms with Gasteiger partial charge in [-0.05, 0) is 18.4 Å². The fourth-order valence-corrected chi connectivity index (χ4v) is 2.16. The van der Waals surface area contributed by atoms with Crippen LogP contribution < -0.4 is 0 Å². The molecular formula is C19H24N2O3. The lowest BCUT2D eigenvalue weighted by molar-refractivity contribution is -0.125. The lowest BCUT2D eigenvalue weighted by Gasteiger charge is -2.11. The minimum absolute atomic E-state index is 0.0349. The van der Waals surface area contributed by atoms with Gasteiger partial charge in [0, 0.05) is 18.8 Å². The van der Waals surface area contributed by atoms with Gasteiger partial charge in [-0.25, -0.2) is 0 Å². The first-order valence-electron chi connectivity index (χ1n) is 8.04. The van der Waals surface area contributed by atoms with Crippen molar-refractivity contribution in [2.75, 3.05) is 6.61 Å². The first-order chi connectivity index (χ1) is 11.5. The Morgan fingerprint density at radius 2 is 1.96 bits per heavy atom. The molecule has 1 unspecified atom stereocenters. The van der Waals surface area contributed by atoms with E-state index in [4.69, 9.17) is 10.3 Å². The summed E-state index contributed by atoms with van der Waals surface area (Å²) in [4.78, 5) is 25.8. The Labute approximate surface area is 143 Å². The van der Waals surface area contributed by atoms with Gasteiger partial charge in [0.15, 0.2) is 0 Å². The molecule has 0 heterocycles. The predicted octanol–water partition coefficient (Wildman–Crippen LogP) is 3.39. The molecule has 0 aliphatic heterocycles. The quantitative estimate of drug-likeness (QED) is 0.255. The van der Waals surface area contributed by atoms with Crippen LogP contribution in [0.25, 0.3) is 5.53 Å². The summed E-state index contributed by atoms with van der Waals surface area (Å²) in [5, 5.41) is 0. The van der Waals surface area contributed by atoms with E-state index in [0.717, 1.165) is 17.4 Å². The first-order valence-corrected chi connectivity index (χ1v) is 8.04. The number of carbonyl (C=O) groups is 2. The van der Waals surface area contributed by atoms with Crippen molar-refractivity contribution in [1.82, 2.24) is 0 Å². The highest BCUT2D eigenvalue weighted by Crippen LogP contribution is 2.15. The summed E-state index contributed by atoms with van der Waals surface area (Å²) >= 11 is 0. The Hall–Kier alpha value is -2.36. The second kappa shape index (κ2) is 11.2. The zero-order valence-corrected chi connectivity index (χ0v) is 14.1. The maximum atomic E-state index is 11.9. The Kier molecular flexibility index (Phi) is 9.20. The van der Waals surface area contributed by atoms with Gasteiger partial charge >= 0.3 is 6.21 Å². The smallest absolute Gasteiger partial charge is 0.323 e. The van der Waals surface area contributed by atoms with E-state index in [1.807, 2.05) is 37.3 Å². The minimum Gasteiger partial charge on any atom is -0.372 e. The van der Waals surface area contributed by atoms with Gasteiger partial charge in [-0.3, -0.25) is 9.59 Å². The number of rotatable bonds is 12. The molecular weight excluding hydrogens is 304 g/mol. The second-order valence-electron chi connectivity index (χ2n) is 5.85. The van der Waals surface area contributed by atoms with E-state index in [9.17, 15) is 9.59 Å². The zero-order chi connectivity index (χ0) is 17.8. The molecule has 24 heavy (non-hydrogen) atoms. The number of nitrogens with zero attached hydrogens (tertiary/aromatic N) is 2. The van der Waals surface area contributed by atoms with Gasteiger partial charge < -0.3 is 10.3 Å². The van der Waals surface area contributed by atoms with E-state index in [-0.39, 0.29) is 30.3 Å². The van der Waals surface area contributed by atoms with Crippen molar-refractivity contribution in [1.29, 1.82) is 0 Å². The highest BCUT2D eigenvalue weighted by atomic mass is 16.5. The fourth-order valence-electron chi connectivity index (χ4n) is 2.16. The molecule has 0 fully saturated rings. The monoisotopic (exact) mass is 328 g/mol. The van der Waals surface area contributed by atoms with Crippen LogP contribution in [-0.2, 0) is 20.9 Å². The number of hydrogen-bond donors (Lipinski definition) is 0. The maximum absolute atomic E-state index is 11.9. The van der Waals surface area contributed by atoms with Crippen LogP contribution in [0.2, 0.25) is 0 Å². The Balaban J connectivity index is 2.19. The number of carbonyl (C=O) groups excluding carboxylic acids is 2. The predicted molar refractivity (Wildman–Crippen MR) is 92.6 cm³/mol. The van der Waals surface area contributed by atoms with Crippen molar-refractivity contribution < 1.29 is 19.1 Å². The molecule has 0 aromatic heterocycles. The SMILES string of the molecule is C=C(CCC(C)C(=O)CCC(=O)C=[N+]=[N-])COCc1ccccc1. The number of benzene rings is 1. The zero-order valence-electron chi connectivity index (χ0n) is 14.1. The van der Waals surface area contributed by atoms with Crippen molar-refractivity contribution in [2.24, 2.45) is 5.92 Å². The van der Waals surface area contributed by atoms with Crippen molar-refractivity contribution in [2.45, 2.75) is 39.2 Å². The Morgan fingerprint density at radius 1 is 1.25 bits per heavy atom. The van der Waals surface area contributed by atoms with Gasteiger partial charge in [-0.1, -0.05) is 49.4 Å². The summed E-state index contributed by atoms with van der Waals surface area (Å²) < 4.78 is 5.61. The second-order valence-corrected chi connectivity index (χ2v) is 5.85. The van der Waals surface area contributed by atoms with Gasteiger partial charge in [0.1, 0.15) is 5.78 Å². The molecule has 1 aromatic rings. The van der Waals surface area contributed by atoms with Crippen LogP contribution in [0.3, 0.4) is 0 Å². The molecule has 5 heteroatoms. The molecule has 0 aliphatic rings. The van der Waals surface area contributed by atoms with Gasteiger partial charge in [-0.2, -0.15) is 4.79 Å². The highest BCUT2D eigenvalue weighted by molar-refractivity contribution is 6.25. The average molecular weight is 328 g/mol. The van der Waals surface area contributed by atoms with E-state index in [0.29, 0.717) is 26.1 Å². The van der Waals surface area contributed by atoms with Crippen molar-refractivity contribution >= 4 is 17.8 Å². The molecule has 0 N–H and O–H groups in total. The van der Waals surface area contributed by atoms with Crippen LogP contribution in [0, 0.1) is 5.92 Å². The number of hydrogen-bond acceptors (Lipinski definition) is 3. The van der Waals surface area contributed by atoms with Gasteiger partial charge in [0.2, 0.25) is 5.78 Å². The molecule has 1 atom stereocenters. The Bertz CT molecular complexity index is 604.